The molecule has 0 aliphatic carbocycles. The summed E-state index contributed by atoms with van der Waals surface area (Å²) in [6, 6.07) is 7.94. The summed E-state index contributed by atoms with van der Waals surface area (Å²) in [7, 11) is 1.67. The molecule has 2 N–H and O–H groups in total. The maximum Gasteiger partial charge on any atom is 0.166 e. The lowest BCUT2D eigenvalue weighted by molar-refractivity contribution is 0.414. The summed E-state index contributed by atoms with van der Waals surface area (Å²) in [6.07, 6.45) is 0. The van der Waals surface area contributed by atoms with Crippen LogP contribution in [-0.2, 0) is 6.54 Å². The van der Waals surface area contributed by atoms with Crippen molar-refractivity contribution in [1.29, 1.82) is 0 Å². The minimum absolute atomic E-state index is 0.589. The Hall–Kier alpha value is -1.29. The van der Waals surface area contributed by atoms with Gasteiger partial charge in [-0.15, -0.1) is 0 Å². The minimum atomic E-state index is 0.589. The lowest BCUT2D eigenvalue weighted by atomic mass is 10.2. The second kappa shape index (κ2) is 7.12. The maximum absolute atomic E-state index is 5.18. The van der Waals surface area contributed by atoms with E-state index >= 15 is 0 Å². The van der Waals surface area contributed by atoms with Gasteiger partial charge in [0.2, 0.25) is 0 Å². The Morgan fingerprint density at radius 3 is 2.76 bits per heavy atom. The first kappa shape index (κ1) is 13.8. The van der Waals surface area contributed by atoms with Crippen molar-refractivity contribution in [2.24, 2.45) is 5.92 Å². The molecule has 1 rings (SSSR count). The van der Waals surface area contributed by atoms with Crippen LogP contribution < -0.4 is 15.4 Å². The third-order valence-electron chi connectivity index (χ3n) is 2.26. The van der Waals surface area contributed by atoms with Crippen molar-refractivity contribution in [3.05, 3.63) is 29.8 Å². The summed E-state index contributed by atoms with van der Waals surface area (Å²) >= 11 is 5.18. The molecule has 3 nitrogen and oxygen atoms in total. The molecule has 94 valence electrons. The van der Waals surface area contributed by atoms with Crippen LogP contribution in [0.3, 0.4) is 0 Å². The number of rotatable bonds is 5. The van der Waals surface area contributed by atoms with Crippen LogP contribution in [0.2, 0.25) is 0 Å². The molecule has 0 saturated heterocycles. The van der Waals surface area contributed by atoms with E-state index in [1.54, 1.807) is 7.11 Å². The van der Waals surface area contributed by atoms with E-state index in [9.17, 15) is 0 Å². The maximum atomic E-state index is 5.18. The van der Waals surface area contributed by atoms with Crippen LogP contribution in [0.15, 0.2) is 24.3 Å². The van der Waals surface area contributed by atoms with Crippen molar-refractivity contribution < 1.29 is 4.74 Å². The number of methoxy groups -OCH3 is 1. The molecule has 0 aromatic heterocycles. The van der Waals surface area contributed by atoms with Crippen molar-refractivity contribution in [2.75, 3.05) is 13.7 Å². The lowest BCUT2D eigenvalue weighted by Gasteiger charge is -2.12. The number of benzene rings is 1. The number of nitrogens with one attached hydrogen (secondary N) is 2. The fraction of sp³-hybridized carbons (Fsp3) is 0.462. The molecule has 4 heteroatoms. The largest absolute Gasteiger partial charge is 0.497 e. The highest BCUT2D eigenvalue weighted by molar-refractivity contribution is 7.80. The van der Waals surface area contributed by atoms with Crippen LogP contribution in [0.1, 0.15) is 19.4 Å². The van der Waals surface area contributed by atoms with Crippen LogP contribution in [-0.4, -0.2) is 18.8 Å². The van der Waals surface area contributed by atoms with Crippen molar-refractivity contribution in [3.63, 3.8) is 0 Å². The number of hydrogen-bond donors (Lipinski definition) is 2. The van der Waals surface area contributed by atoms with Gasteiger partial charge in [-0.2, -0.15) is 0 Å². The summed E-state index contributed by atoms with van der Waals surface area (Å²) in [5, 5.41) is 7.04. The lowest BCUT2D eigenvalue weighted by Crippen LogP contribution is -2.36. The first-order valence-electron chi connectivity index (χ1n) is 5.76. The first-order valence-corrected chi connectivity index (χ1v) is 6.17. The Kier molecular flexibility index (Phi) is 5.77. The zero-order valence-corrected chi connectivity index (χ0v) is 11.4. The zero-order valence-electron chi connectivity index (χ0n) is 10.6. The topological polar surface area (TPSA) is 33.3 Å². The van der Waals surface area contributed by atoms with E-state index in [1.807, 2.05) is 24.3 Å². The van der Waals surface area contributed by atoms with Crippen LogP contribution >= 0.6 is 12.2 Å². The second-order valence-corrected chi connectivity index (χ2v) is 4.72. The predicted molar refractivity (Wildman–Crippen MR) is 75.3 cm³/mol. The highest BCUT2D eigenvalue weighted by Crippen LogP contribution is 2.11. The van der Waals surface area contributed by atoms with E-state index in [-0.39, 0.29) is 0 Å². The van der Waals surface area contributed by atoms with Gasteiger partial charge in [-0.25, -0.2) is 0 Å². The average Bonchev–Trinajstić information content (AvgIpc) is 2.34. The smallest absolute Gasteiger partial charge is 0.166 e. The monoisotopic (exact) mass is 252 g/mol. The van der Waals surface area contributed by atoms with Gasteiger partial charge >= 0.3 is 0 Å². The number of hydrogen-bond acceptors (Lipinski definition) is 2. The van der Waals surface area contributed by atoms with Gasteiger partial charge in [0.15, 0.2) is 5.11 Å². The van der Waals surface area contributed by atoms with Crippen LogP contribution in [0.4, 0.5) is 0 Å². The van der Waals surface area contributed by atoms with Gasteiger partial charge in [0.05, 0.1) is 7.11 Å². The minimum Gasteiger partial charge on any atom is -0.497 e. The molecule has 1 aromatic carbocycles. The number of ether oxygens (including phenoxy) is 1. The summed E-state index contributed by atoms with van der Waals surface area (Å²) < 4.78 is 5.16. The molecule has 0 amide bonds. The van der Waals surface area contributed by atoms with E-state index in [4.69, 9.17) is 17.0 Å². The van der Waals surface area contributed by atoms with Gasteiger partial charge in [0, 0.05) is 13.1 Å². The molecule has 17 heavy (non-hydrogen) atoms. The Morgan fingerprint density at radius 1 is 1.35 bits per heavy atom. The molecule has 0 aliphatic heterocycles. The van der Waals surface area contributed by atoms with Gasteiger partial charge in [0.1, 0.15) is 5.75 Å². The average molecular weight is 252 g/mol. The highest BCUT2D eigenvalue weighted by atomic mass is 32.1. The molecule has 0 atom stereocenters. The van der Waals surface area contributed by atoms with Crippen LogP contribution in [0.25, 0.3) is 0 Å². The van der Waals surface area contributed by atoms with E-state index in [2.05, 4.69) is 24.5 Å². The van der Waals surface area contributed by atoms with E-state index in [1.165, 1.54) is 0 Å². The summed E-state index contributed by atoms with van der Waals surface area (Å²) in [5.74, 6) is 1.46. The standard InChI is InChI=1S/C13H20N2OS/c1-10(2)8-14-13(17)15-9-11-5-4-6-12(7-11)16-3/h4-7,10H,8-9H2,1-3H3,(H2,14,15,17). The third-order valence-corrected chi connectivity index (χ3v) is 2.55. The molecule has 0 fully saturated rings. The quantitative estimate of drug-likeness (QED) is 0.788. The zero-order chi connectivity index (χ0) is 12.7. The van der Waals surface area contributed by atoms with Crippen molar-refractivity contribution in [1.82, 2.24) is 10.6 Å². The molecule has 0 saturated carbocycles. The van der Waals surface area contributed by atoms with Crippen molar-refractivity contribution >= 4 is 17.3 Å². The summed E-state index contributed by atoms with van der Waals surface area (Å²) in [5.41, 5.74) is 1.15. The van der Waals surface area contributed by atoms with Crippen molar-refractivity contribution in [2.45, 2.75) is 20.4 Å². The Labute approximate surface area is 109 Å². The molecule has 0 aliphatic rings. The van der Waals surface area contributed by atoms with Crippen LogP contribution in [0.5, 0.6) is 5.75 Å². The molecular weight excluding hydrogens is 232 g/mol. The molecule has 0 radical (unpaired) electrons. The van der Waals surface area contributed by atoms with Gasteiger partial charge in [-0.05, 0) is 35.8 Å². The first-order chi connectivity index (χ1) is 8.11. The Bertz CT molecular complexity index is 366. The van der Waals surface area contributed by atoms with Gasteiger partial charge in [0.25, 0.3) is 0 Å². The van der Waals surface area contributed by atoms with Crippen LogP contribution in [0, 0.1) is 5.92 Å². The molecule has 0 bridgehead atoms. The second-order valence-electron chi connectivity index (χ2n) is 4.31. The van der Waals surface area contributed by atoms with Gasteiger partial charge in [-0.1, -0.05) is 26.0 Å². The molecule has 0 unspecified atom stereocenters. The van der Waals surface area contributed by atoms with E-state index < -0.39 is 0 Å². The summed E-state index contributed by atoms with van der Waals surface area (Å²) in [4.78, 5) is 0. The molecular formula is C13H20N2OS. The Morgan fingerprint density at radius 2 is 2.12 bits per heavy atom. The summed E-state index contributed by atoms with van der Waals surface area (Å²) in [6.45, 7) is 5.90. The molecule has 0 spiro atoms. The molecule has 1 aromatic rings. The SMILES string of the molecule is COc1cccc(CNC(=S)NCC(C)C)c1. The normalized spacial score (nSPS) is 10.1. The highest BCUT2D eigenvalue weighted by Gasteiger charge is 1.99. The predicted octanol–water partition coefficient (Wildman–Crippen LogP) is 2.32. The van der Waals surface area contributed by atoms with Crippen molar-refractivity contribution in [3.8, 4) is 5.75 Å². The fourth-order valence-corrected chi connectivity index (χ4v) is 1.48. The molecule has 0 heterocycles. The van der Waals surface area contributed by atoms with Gasteiger partial charge in [-0.3, -0.25) is 0 Å². The fourth-order valence-electron chi connectivity index (χ4n) is 1.32. The van der Waals surface area contributed by atoms with E-state index in [0.29, 0.717) is 17.6 Å². The van der Waals surface area contributed by atoms with E-state index in [0.717, 1.165) is 17.9 Å². The van der Waals surface area contributed by atoms with Gasteiger partial charge < -0.3 is 15.4 Å². The number of thiocarbonyl (C=S) groups is 1. The third kappa shape index (κ3) is 5.54. The Balaban J connectivity index is 2.36.